The maximum atomic E-state index is 5.40. The number of nitrogens with zero attached hydrogens (tertiary/aromatic N) is 2. The smallest absolute Gasteiger partial charge is 0.191 e. The lowest BCUT2D eigenvalue weighted by Gasteiger charge is -2.20. The third-order valence-corrected chi connectivity index (χ3v) is 4.88. The number of aromatic nitrogens is 1. The molecule has 0 aromatic carbocycles. The molecule has 0 saturated heterocycles. The zero-order chi connectivity index (χ0) is 17.9. The van der Waals surface area contributed by atoms with Crippen LogP contribution in [0.5, 0.6) is 0 Å². The minimum atomic E-state index is 0.739. The van der Waals surface area contributed by atoms with Crippen molar-refractivity contribution in [2.75, 3.05) is 19.6 Å². The minimum Gasteiger partial charge on any atom is -0.469 e. The van der Waals surface area contributed by atoms with Crippen LogP contribution in [0.4, 0.5) is 0 Å². The third kappa shape index (κ3) is 6.54. The van der Waals surface area contributed by atoms with Crippen LogP contribution in [0.2, 0.25) is 0 Å². The Balaban J connectivity index is 1.47. The third-order valence-electron chi connectivity index (χ3n) is 4.88. The molecule has 0 unspecified atom stereocenters. The summed E-state index contributed by atoms with van der Waals surface area (Å²) in [4.78, 5) is 9.22. The fourth-order valence-corrected chi connectivity index (χ4v) is 3.38. The van der Waals surface area contributed by atoms with E-state index >= 15 is 0 Å². The second-order valence-electron chi connectivity index (χ2n) is 6.95. The first-order valence-corrected chi connectivity index (χ1v) is 9.84. The average molecular weight is 354 g/mol. The van der Waals surface area contributed by atoms with Crippen LogP contribution in [0.15, 0.2) is 52.2 Å². The number of pyridine rings is 1. The molecule has 1 aliphatic carbocycles. The van der Waals surface area contributed by atoms with Crippen molar-refractivity contribution in [2.24, 2.45) is 10.9 Å². The second kappa shape index (κ2) is 10.6. The van der Waals surface area contributed by atoms with Gasteiger partial charge in [0.2, 0.25) is 0 Å². The number of furan rings is 1. The van der Waals surface area contributed by atoms with Crippen molar-refractivity contribution >= 4 is 5.96 Å². The summed E-state index contributed by atoms with van der Waals surface area (Å²) in [7, 11) is 0. The Morgan fingerprint density at radius 1 is 1.04 bits per heavy atom. The Labute approximate surface area is 156 Å². The van der Waals surface area contributed by atoms with Gasteiger partial charge in [-0.1, -0.05) is 25.3 Å². The molecule has 1 saturated carbocycles. The minimum absolute atomic E-state index is 0.739. The first-order valence-electron chi connectivity index (χ1n) is 9.84. The molecular weight excluding hydrogens is 324 g/mol. The van der Waals surface area contributed by atoms with Gasteiger partial charge in [-0.3, -0.25) is 9.98 Å². The molecular formula is C21H30N4O. The molecule has 2 aromatic rings. The van der Waals surface area contributed by atoms with E-state index in [9.17, 15) is 0 Å². The number of nitrogens with one attached hydrogen (secondary N) is 2. The van der Waals surface area contributed by atoms with Crippen molar-refractivity contribution in [1.29, 1.82) is 0 Å². The van der Waals surface area contributed by atoms with Gasteiger partial charge in [0.15, 0.2) is 5.96 Å². The van der Waals surface area contributed by atoms with Gasteiger partial charge in [-0.05, 0) is 43.0 Å². The van der Waals surface area contributed by atoms with Crippen molar-refractivity contribution in [3.8, 4) is 0 Å². The molecule has 5 nitrogen and oxygen atoms in total. The maximum Gasteiger partial charge on any atom is 0.191 e. The lowest BCUT2D eigenvalue weighted by atomic mass is 9.89. The molecule has 3 rings (SSSR count). The van der Waals surface area contributed by atoms with E-state index < -0.39 is 0 Å². The van der Waals surface area contributed by atoms with Crippen LogP contribution in [-0.4, -0.2) is 30.6 Å². The molecule has 2 heterocycles. The lowest BCUT2D eigenvalue weighted by molar-refractivity contribution is 0.366. The first kappa shape index (κ1) is 18.5. The zero-order valence-corrected chi connectivity index (χ0v) is 15.5. The van der Waals surface area contributed by atoms with Crippen LogP contribution in [0.1, 0.15) is 43.6 Å². The zero-order valence-electron chi connectivity index (χ0n) is 15.5. The molecule has 0 amide bonds. The molecule has 2 N–H and O–H groups in total. The Morgan fingerprint density at radius 3 is 2.62 bits per heavy atom. The Bertz CT molecular complexity index is 633. The van der Waals surface area contributed by atoms with E-state index in [0.717, 1.165) is 55.8 Å². The largest absolute Gasteiger partial charge is 0.469 e. The summed E-state index contributed by atoms with van der Waals surface area (Å²) in [6, 6.07) is 9.98. The summed E-state index contributed by atoms with van der Waals surface area (Å²) < 4.78 is 5.40. The Hall–Kier alpha value is -2.30. The summed E-state index contributed by atoms with van der Waals surface area (Å²) in [5, 5.41) is 6.90. The topological polar surface area (TPSA) is 62.5 Å². The van der Waals surface area contributed by atoms with E-state index in [1.807, 2.05) is 30.5 Å². The van der Waals surface area contributed by atoms with Crippen LogP contribution in [0.3, 0.4) is 0 Å². The monoisotopic (exact) mass is 354 g/mol. The highest BCUT2D eigenvalue weighted by Gasteiger charge is 2.13. The molecule has 0 atom stereocenters. The van der Waals surface area contributed by atoms with E-state index in [2.05, 4.69) is 21.7 Å². The van der Waals surface area contributed by atoms with E-state index in [0.29, 0.717) is 0 Å². The van der Waals surface area contributed by atoms with Crippen molar-refractivity contribution in [3.63, 3.8) is 0 Å². The van der Waals surface area contributed by atoms with Gasteiger partial charge in [0.25, 0.3) is 0 Å². The number of guanidine groups is 1. The van der Waals surface area contributed by atoms with Gasteiger partial charge in [-0.25, -0.2) is 0 Å². The van der Waals surface area contributed by atoms with Crippen molar-refractivity contribution in [3.05, 3.63) is 54.2 Å². The van der Waals surface area contributed by atoms with Crippen molar-refractivity contribution in [1.82, 2.24) is 15.6 Å². The Kier molecular flexibility index (Phi) is 7.56. The molecule has 0 aliphatic heterocycles. The average Bonchev–Trinajstić information content (AvgIpc) is 3.21. The summed E-state index contributed by atoms with van der Waals surface area (Å²) in [5.74, 6) is 2.64. The normalized spacial score (nSPS) is 15.8. The van der Waals surface area contributed by atoms with Crippen molar-refractivity contribution in [2.45, 2.75) is 44.9 Å². The quantitative estimate of drug-likeness (QED) is 0.562. The molecule has 0 spiro atoms. The molecule has 140 valence electrons. The van der Waals surface area contributed by atoms with Crippen LogP contribution >= 0.6 is 0 Å². The number of hydrogen-bond acceptors (Lipinski definition) is 3. The van der Waals surface area contributed by atoms with Gasteiger partial charge in [-0.15, -0.1) is 0 Å². The fraction of sp³-hybridized carbons (Fsp3) is 0.524. The molecule has 2 aromatic heterocycles. The first-order chi connectivity index (χ1) is 12.9. The van der Waals surface area contributed by atoms with E-state index in [1.165, 1.54) is 32.1 Å². The summed E-state index contributed by atoms with van der Waals surface area (Å²) >= 11 is 0. The summed E-state index contributed by atoms with van der Waals surface area (Å²) in [6.07, 6.45) is 12.0. The van der Waals surface area contributed by atoms with E-state index in [1.54, 1.807) is 6.26 Å². The number of aliphatic imine (C=N–C) groups is 1. The molecule has 1 fully saturated rings. The standard InChI is InChI=1S/C21H30N4O/c1-2-7-18(8-3-1)17-25-21(24-15-12-20-10-6-16-26-20)23-14-11-19-9-4-5-13-22-19/h4-6,9-10,13,16,18H,1-3,7-8,11-12,14-15,17H2,(H2,23,24,25). The van der Waals surface area contributed by atoms with Gasteiger partial charge in [0.1, 0.15) is 5.76 Å². The van der Waals surface area contributed by atoms with Crippen LogP contribution in [0.25, 0.3) is 0 Å². The van der Waals surface area contributed by atoms with Gasteiger partial charge in [-0.2, -0.15) is 0 Å². The predicted molar refractivity (Wildman–Crippen MR) is 105 cm³/mol. The maximum absolute atomic E-state index is 5.40. The van der Waals surface area contributed by atoms with Crippen LogP contribution in [0, 0.1) is 5.92 Å². The van der Waals surface area contributed by atoms with Gasteiger partial charge < -0.3 is 15.1 Å². The SMILES string of the molecule is c1ccc(CCNC(=NCC2CCCCC2)NCCc2ccco2)nc1. The van der Waals surface area contributed by atoms with Crippen molar-refractivity contribution < 1.29 is 4.42 Å². The second-order valence-corrected chi connectivity index (χ2v) is 6.95. The molecule has 1 aliphatic rings. The molecule has 0 bridgehead atoms. The highest BCUT2D eigenvalue weighted by atomic mass is 16.3. The predicted octanol–water partition coefficient (Wildman–Crippen LogP) is 3.58. The molecule has 0 radical (unpaired) electrons. The lowest BCUT2D eigenvalue weighted by Crippen LogP contribution is -2.40. The Morgan fingerprint density at radius 2 is 1.88 bits per heavy atom. The highest BCUT2D eigenvalue weighted by Crippen LogP contribution is 2.23. The van der Waals surface area contributed by atoms with Crippen LogP contribution in [-0.2, 0) is 12.8 Å². The molecule has 26 heavy (non-hydrogen) atoms. The van der Waals surface area contributed by atoms with Gasteiger partial charge >= 0.3 is 0 Å². The van der Waals surface area contributed by atoms with Gasteiger partial charge in [0.05, 0.1) is 6.26 Å². The summed E-state index contributed by atoms with van der Waals surface area (Å²) in [5.41, 5.74) is 1.10. The molecule has 5 heteroatoms. The highest BCUT2D eigenvalue weighted by molar-refractivity contribution is 5.79. The van der Waals surface area contributed by atoms with Gasteiger partial charge in [0, 0.05) is 44.4 Å². The number of rotatable bonds is 8. The van der Waals surface area contributed by atoms with E-state index in [-0.39, 0.29) is 0 Å². The number of hydrogen-bond donors (Lipinski definition) is 2. The fourth-order valence-electron chi connectivity index (χ4n) is 3.38. The summed E-state index contributed by atoms with van der Waals surface area (Å²) in [6.45, 7) is 2.56. The van der Waals surface area contributed by atoms with Crippen LogP contribution < -0.4 is 10.6 Å². The van der Waals surface area contributed by atoms with E-state index in [4.69, 9.17) is 9.41 Å².